The van der Waals surface area contributed by atoms with Crippen LogP contribution in [0.3, 0.4) is 0 Å². The topological polar surface area (TPSA) is 68.0 Å². The maximum absolute atomic E-state index is 10.6. The molecule has 2 aromatic rings. The number of thiophene rings is 1. The molecule has 0 aliphatic heterocycles. The summed E-state index contributed by atoms with van der Waals surface area (Å²) in [7, 11) is 0. The fourth-order valence-corrected chi connectivity index (χ4v) is 3.69. The van der Waals surface area contributed by atoms with Crippen molar-refractivity contribution in [1.82, 2.24) is 14.8 Å². The van der Waals surface area contributed by atoms with E-state index < -0.39 is 5.97 Å². The Morgan fingerprint density at radius 3 is 2.94 bits per heavy atom. The lowest BCUT2D eigenvalue weighted by Gasteiger charge is -2.05. The Kier molecular flexibility index (Phi) is 4.41. The highest BCUT2D eigenvalue weighted by Gasteiger charge is 2.16. The van der Waals surface area contributed by atoms with Crippen molar-refractivity contribution < 1.29 is 9.90 Å². The molecule has 0 radical (unpaired) electrons. The SMILES string of the molecule is CCn1c(SCC(=O)O)nnc1-c1sccc1Br. The largest absolute Gasteiger partial charge is 0.481 e. The minimum Gasteiger partial charge on any atom is -0.481 e. The molecular weight excluding hydrogens is 338 g/mol. The fraction of sp³-hybridized carbons (Fsp3) is 0.300. The van der Waals surface area contributed by atoms with Crippen LogP contribution in [0, 0.1) is 0 Å². The lowest BCUT2D eigenvalue weighted by Crippen LogP contribution is -2.03. The van der Waals surface area contributed by atoms with Gasteiger partial charge >= 0.3 is 5.97 Å². The van der Waals surface area contributed by atoms with Gasteiger partial charge in [0.05, 0.1) is 10.6 Å². The lowest BCUT2D eigenvalue weighted by molar-refractivity contribution is -0.133. The minimum atomic E-state index is -0.857. The molecule has 96 valence electrons. The van der Waals surface area contributed by atoms with Gasteiger partial charge in [-0.25, -0.2) is 0 Å². The molecule has 18 heavy (non-hydrogen) atoms. The number of rotatable bonds is 5. The number of halogens is 1. The number of hydrogen-bond acceptors (Lipinski definition) is 5. The second kappa shape index (κ2) is 5.85. The summed E-state index contributed by atoms with van der Waals surface area (Å²) in [5.41, 5.74) is 0. The molecule has 0 fully saturated rings. The molecule has 2 aromatic heterocycles. The molecule has 0 aliphatic carbocycles. The molecule has 0 atom stereocenters. The van der Waals surface area contributed by atoms with Crippen molar-refractivity contribution >= 4 is 45.0 Å². The second-order valence-electron chi connectivity index (χ2n) is 3.33. The monoisotopic (exact) mass is 347 g/mol. The van der Waals surface area contributed by atoms with Crippen molar-refractivity contribution in [1.29, 1.82) is 0 Å². The molecule has 0 bridgehead atoms. The Bertz CT molecular complexity index is 567. The Morgan fingerprint density at radius 2 is 2.39 bits per heavy atom. The van der Waals surface area contributed by atoms with E-state index in [1.165, 1.54) is 11.8 Å². The van der Waals surface area contributed by atoms with Crippen molar-refractivity contribution in [2.24, 2.45) is 0 Å². The van der Waals surface area contributed by atoms with Gasteiger partial charge in [-0.05, 0) is 34.3 Å². The summed E-state index contributed by atoms with van der Waals surface area (Å²) in [5, 5.41) is 19.5. The van der Waals surface area contributed by atoms with Crippen LogP contribution in [-0.4, -0.2) is 31.6 Å². The van der Waals surface area contributed by atoms with Gasteiger partial charge in [-0.2, -0.15) is 0 Å². The van der Waals surface area contributed by atoms with E-state index in [0.29, 0.717) is 11.7 Å². The van der Waals surface area contributed by atoms with Crippen LogP contribution in [0.1, 0.15) is 6.92 Å². The average Bonchev–Trinajstić information content (AvgIpc) is 2.91. The highest BCUT2D eigenvalue weighted by Crippen LogP contribution is 2.33. The average molecular weight is 348 g/mol. The van der Waals surface area contributed by atoms with E-state index in [0.717, 1.165) is 15.2 Å². The maximum atomic E-state index is 10.6. The highest BCUT2D eigenvalue weighted by molar-refractivity contribution is 9.10. The molecule has 2 heterocycles. The van der Waals surface area contributed by atoms with E-state index in [1.807, 2.05) is 22.9 Å². The number of carbonyl (C=O) groups is 1. The van der Waals surface area contributed by atoms with Gasteiger partial charge in [0.2, 0.25) is 0 Å². The fourth-order valence-electron chi connectivity index (χ4n) is 1.43. The Labute approximate surface area is 120 Å². The van der Waals surface area contributed by atoms with E-state index in [9.17, 15) is 4.79 Å². The van der Waals surface area contributed by atoms with Crippen molar-refractivity contribution in [3.05, 3.63) is 15.9 Å². The van der Waals surface area contributed by atoms with Crippen molar-refractivity contribution in [2.45, 2.75) is 18.6 Å². The van der Waals surface area contributed by atoms with Crippen LogP contribution in [0.2, 0.25) is 0 Å². The van der Waals surface area contributed by atoms with E-state index in [-0.39, 0.29) is 5.75 Å². The lowest BCUT2D eigenvalue weighted by atomic mass is 10.4. The molecule has 0 unspecified atom stereocenters. The Hall–Kier alpha value is -0.860. The summed E-state index contributed by atoms with van der Waals surface area (Å²) >= 11 is 6.22. The van der Waals surface area contributed by atoms with Crippen LogP contribution in [0.5, 0.6) is 0 Å². The van der Waals surface area contributed by atoms with Crippen LogP contribution >= 0.6 is 39.0 Å². The van der Waals surface area contributed by atoms with Gasteiger partial charge in [0.25, 0.3) is 0 Å². The van der Waals surface area contributed by atoms with Gasteiger partial charge < -0.3 is 9.67 Å². The summed E-state index contributed by atoms with van der Waals surface area (Å²) in [6.45, 7) is 2.69. The summed E-state index contributed by atoms with van der Waals surface area (Å²) in [5.74, 6) is -0.0965. The first-order valence-electron chi connectivity index (χ1n) is 5.14. The highest BCUT2D eigenvalue weighted by atomic mass is 79.9. The van der Waals surface area contributed by atoms with Gasteiger partial charge in [-0.3, -0.25) is 4.79 Å². The Morgan fingerprint density at radius 1 is 1.61 bits per heavy atom. The van der Waals surface area contributed by atoms with E-state index in [2.05, 4.69) is 26.1 Å². The standard InChI is InChI=1S/C10H10BrN3O2S2/c1-2-14-9(8-6(11)3-4-17-8)12-13-10(14)18-5-7(15)16/h3-4H,2,5H2,1H3,(H,15,16). The molecule has 2 rings (SSSR count). The predicted molar refractivity (Wildman–Crippen MR) is 75.1 cm³/mol. The van der Waals surface area contributed by atoms with Gasteiger partial charge in [-0.1, -0.05) is 11.8 Å². The van der Waals surface area contributed by atoms with Crippen molar-refractivity contribution in [3.63, 3.8) is 0 Å². The van der Waals surface area contributed by atoms with E-state index in [1.54, 1.807) is 11.3 Å². The van der Waals surface area contributed by atoms with Gasteiger partial charge in [-0.15, -0.1) is 21.5 Å². The summed E-state index contributed by atoms with van der Waals surface area (Å²) in [6.07, 6.45) is 0. The summed E-state index contributed by atoms with van der Waals surface area (Å²) < 4.78 is 2.90. The van der Waals surface area contributed by atoms with Gasteiger partial charge in [0.1, 0.15) is 0 Å². The van der Waals surface area contributed by atoms with Crippen LogP contribution in [-0.2, 0) is 11.3 Å². The number of nitrogens with zero attached hydrogens (tertiary/aromatic N) is 3. The first kappa shape index (κ1) is 13.6. The molecule has 0 aromatic carbocycles. The number of thioether (sulfide) groups is 1. The van der Waals surface area contributed by atoms with Crippen LogP contribution in [0.4, 0.5) is 0 Å². The molecule has 8 heteroatoms. The Balaban J connectivity index is 2.33. The molecule has 0 saturated carbocycles. The molecule has 0 spiro atoms. The molecule has 0 aliphatic rings. The third kappa shape index (κ3) is 2.76. The smallest absolute Gasteiger partial charge is 0.313 e. The minimum absolute atomic E-state index is 0.0102. The molecule has 0 saturated heterocycles. The van der Waals surface area contributed by atoms with E-state index in [4.69, 9.17) is 5.11 Å². The zero-order valence-corrected chi connectivity index (χ0v) is 12.7. The third-order valence-corrected chi connectivity index (χ3v) is 4.96. The molecule has 5 nitrogen and oxygen atoms in total. The number of carboxylic acid groups (broad SMARTS) is 1. The quantitative estimate of drug-likeness (QED) is 0.842. The number of aromatic nitrogens is 3. The number of carboxylic acids is 1. The van der Waals surface area contributed by atoms with Crippen LogP contribution in [0.25, 0.3) is 10.7 Å². The first-order chi connectivity index (χ1) is 8.63. The molecular formula is C10H10BrN3O2S2. The molecule has 1 N–H and O–H groups in total. The van der Waals surface area contributed by atoms with Gasteiger partial charge in [0.15, 0.2) is 11.0 Å². The van der Waals surface area contributed by atoms with Crippen LogP contribution in [0.15, 0.2) is 21.1 Å². The number of aliphatic carboxylic acids is 1. The van der Waals surface area contributed by atoms with Crippen LogP contribution < -0.4 is 0 Å². The second-order valence-corrected chi connectivity index (χ2v) is 6.04. The maximum Gasteiger partial charge on any atom is 0.313 e. The normalized spacial score (nSPS) is 10.8. The molecule has 0 amide bonds. The third-order valence-electron chi connectivity index (χ3n) is 2.18. The summed E-state index contributed by atoms with van der Waals surface area (Å²) in [4.78, 5) is 11.6. The first-order valence-corrected chi connectivity index (χ1v) is 7.80. The number of hydrogen-bond donors (Lipinski definition) is 1. The summed E-state index contributed by atoms with van der Waals surface area (Å²) in [6, 6.07) is 1.96. The van der Waals surface area contributed by atoms with Crippen molar-refractivity contribution in [2.75, 3.05) is 5.75 Å². The van der Waals surface area contributed by atoms with E-state index >= 15 is 0 Å². The van der Waals surface area contributed by atoms with Gasteiger partial charge in [0, 0.05) is 11.0 Å². The zero-order chi connectivity index (χ0) is 13.1. The zero-order valence-electron chi connectivity index (χ0n) is 9.46. The predicted octanol–water partition coefficient (Wildman–Crippen LogP) is 2.97. The van der Waals surface area contributed by atoms with Crippen molar-refractivity contribution in [3.8, 4) is 10.7 Å².